The summed E-state index contributed by atoms with van der Waals surface area (Å²) >= 11 is 0. The minimum Gasteiger partial charge on any atom is -0.369 e. The van der Waals surface area contributed by atoms with Crippen molar-refractivity contribution in [1.29, 1.82) is 0 Å². The molecule has 2 aliphatic heterocycles. The highest BCUT2D eigenvalue weighted by atomic mass is 16.2. The molecule has 0 atom stereocenters. The number of amides is 1. The number of aromatic nitrogens is 1. The summed E-state index contributed by atoms with van der Waals surface area (Å²) in [6, 6.07) is 17.2. The van der Waals surface area contributed by atoms with Crippen LogP contribution < -0.4 is 4.90 Å². The average molecular weight is 389 g/mol. The molecule has 5 rings (SSSR count). The third kappa shape index (κ3) is 3.87. The van der Waals surface area contributed by atoms with E-state index in [2.05, 4.69) is 63.3 Å². The largest absolute Gasteiger partial charge is 0.369 e. The highest BCUT2D eigenvalue weighted by Gasteiger charge is 2.22. The van der Waals surface area contributed by atoms with Gasteiger partial charge in [-0.2, -0.15) is 0 Å². The minimum absolute atomic E-state index is 0.292. The number of nitrogens with one attached hydrogen (secondary N) is 1. The van der Waals surface area contributed by atoms with Gasteiger partial charge in [-0.05, 0) is 41.8 Å². The van der Waals surface area contributed by atoms with Crippen LogP contribution in [-0.2, 0) is 17.8 Å². The van der Waals surface area contributed by atoms with Crippen molar-refractivity contribution in [3.63, 3.8) is 0 Å². The highest BCUT2D eigenvalue weighted by molar-refractivity contribution is 5.83. The molecule has 2 aromatic carbocycles. The minimum atomic E-state index is 0.292. The van der Waals surface area contributed by atoms with E-state index in [0.29, 0.717) is 12.3 Å². The lowest BCUT2D eigenvalue weighted by molar-refractivity contribution is -0.132. The third-order valence-electron chi connectivity index (χ3n) is 6.40. The molecule has 0 spiro atoms. The molecule has 1 saturated heterocycles. The van der Waals surface area contributed by atoms with Crippen LogP contribution >= 0.6 is 0 Å². The van der Waals surface area contributed by atoms with E-state index >= 15 is 0 Å². The summed E-state index contributed by atoms with van der Waals surface area (Å²) in [4.78, 5) is 22.9. The van der Waals surface area contributed by atoms with E-state index in [1.807, 2.05) is 11.1 Å². The molecule has 3 heterocycles. The molecule has 1 fully saturated rings. The van der Waals surface area contributed by atoms with Crippen molar-refractivity contribution in [3.8, 4) is 0 Å². The van der Waals surface area contributed by atoms with Gasteiger partial charge in [0.2, 0.25) is 5.91 Å². The molecule has 2 aliphatic rings. The summed E-state index contributed by atoms with van der Waals surface area (Å²) in [5.74, 6) is 0.292. The van der Waals surface area contributed by atoms with Crippen molar-refractivity contribution in [2.24, 2.45) is 0 Å². The molecule has 0 saturated carbocycles. The summed E-state index contributed by atoms with van der Waals surface area (Å²) in [6.07, 6.45) is 3.59. The topological polar surface area (TPSA) is 42.6 Å². The maximum atomic E-state index is 12.7. The predicted octanol–water partition coefficient (Wildman–Crippen LogP) is 3.26. The number of rotatable bonds is 4. The molecule has 5 nitrogen and oxygen atoms in total. The van der Waals surface area contributed by atoms with Gasteiger partial charge in [-0.3, -0.25) is 9.69 Å². The zero-order chi connectivity index (χ0) is 19.6. The number of aromatic amines is 1. The van der Waals surface area contributed by atoms with Crippen LogP contribution in [0.2, 0.25) is 0 Å². The number of carbonyl (C=O) groups is 1. The lowest BCUT2D eigenvalue weighted by Crippen LogP contribution is -2.47. The van der Waals surface area contributed by atoms with Gasteiger partial charge in [0.25, 0.3) is 0 Å². The summed E-state index contributed by atoms with van der Waals surface area (Å²) in [5.41, 5.74) is 5.18. The molecule has 0 radical (unpaired) electrons. The lowest BCUT2D eigenvalue weighted by Gasteiger charge is -2.36. The third-order valence-corrected chi connectivity index (χ3v) is 6.40. The van der Waals surface area contributed by atoms with Crippen LogP contribution in [0.4, 0.5) is 5.69 Å². The number of hydrogen-bond acceptors (Lipinski definition) is 3. The predicted molar refractivity (Wildman–Crippen MR) is 117 cm³/mol. The van der Waals surface area contributed by atoms with Crippen LogP contribution in [-0.4, -0.2) is 60.0 Å². The fraction of sp³-hybridized carbons (Fsp3) is 0.375. The Morgan fingerprint density at radius 3 is 2.62 bits per heavy atom. The van der Waals surface area contributed by atoms with Gasteiger partial charge in [0.05, 0.1) is 0 Å². The van der Waals surface area contributed by atoms with Gasteiger partial charge >= 0.3 is 0 Å². The number of H-pyrrole nitrogens is 1. The fourth-order valence-electron chi connectivity index (χ4n) is 4.59. The van der Waals surface area contributed by atoms with Crippen LogP contribution in [0.1, 0.15) is 17.5 Å². The van der Waals surface area contributed by atoms with E-state index in [-0.39, 0.29) is 0 Å². The zero-order valence-corrected chi connectivity index (χ0v) is 16.8. The number of nitrogens with zero attached hydrogens (tertiary/aromatic N) is 3. The molecule has 29 heavy (non-hydrogen) atoms. The van der Waals surface area contributed by atoms with E-state index in [1.54, 1.807) is 0 Å². The molecule has 3 aromatic rings. The summed E-state index contributed by atoms with van der Waals surface area (Å²) in [5, 5.41) is 1.26. The van der Waals surface area contributed by atoms with Crippen molar-refractivity contribution in [2.75, 3.05) is 44.2 Å². The Hall–Kier alpha value is -2.79. The van der Waals surface area contributed by atoms with E-state index in [9.17, 15) is 4.79 Å². The maximum Gasteiger partial charge on any atom is 0.224 e. The van der Waals surface area contributed by atoms with Crippen molar-refractivity contribution in [3.05, 3.63) is 65.9 Å². The molecule has 5 heteroatoms. The molecule has 1 amide bonds. The number of anilines is 1. The van der Waals surface area contributed by atoms with Gasteiger partial charge < -0.3 is 14.8 Å². The first-order valence-electron chi connectivity index (χ1n) is 10.7. The number of hydrogen-bond donors (Lipinski definition) is 1. The van der Waals surface area contributed by atoms with Crippen LogP contribution in [0.15, 0.2) is 54.7 Å². The zero-order valence-electron chi connectivity index (χ0n) is 16.8. The van der Waals surface area contributed by atoms with Gasteiger partial charge in [-0.1, -0.05) is 24.3 Å². The standard InChI is InChI=1S/C24H28N4O/c29-24(28-12-8-19-3-1-2-4-21(19)18-28)9-11-26-13-15-27(16-14-26)22-5-6-23-20(17-22)7-10-25-23/h1-7,10,17,25H,8-9,11-16,18H2. The molecular weight excluding hydrogens is 360 g/mol. The van der Waals surface area contributed by atoms with Crippen LogP contribution in [0, 0.1) is 0 Å². The average Bonchev–Trinajstić information content (AvgIpc) is 3.25. The van der Waals surface area contributed by atoms with Crippen LogP contribution in [0.3, 0.4) is 0 Å². The molecule has 0 bridgehead atoms. The Balaban J connectivity index is 1.11. The second-order valence-electron chi connectivity index (χ2n) is 8.16. The number of piperazine rings is 1. The summed E-state index contributed by atoms with van der Waals surface area (Å²) < 4.78 is 0. The molecular formula is C24H28N4O. The van der Waals surface area contributed by atoms with Crippen molar-refractivity contribution >= 4 is 22.5 Å². The van der Waals surface area contributed by atoms with Crippen molar-refractivity contribution in [2.45, 2.75) is 19.4 Å². The molecule has 1 N–H and O–H groups in total. The second kappa shape index (κ2) is 7.91. The Morgan fingerprint density at radius 1 is 0.931 bits per heavy atom. The molecule has 150 valence electrons. The first-order valence-corrected chi connectivity index (χ1v) is 10.7. The van der Waals surface area contributed by atoms with Gasteiger partial charge in [-0.15, -0.1) is 0 Å². The quantitative estimate of drug-likeness (QED) is 0.746. The SMILES string of the molecule is O=C(CCN1CCN(c2ccc3[nH]ccc3c2)CC1)N1CCc2ccccc2C1. The highest BCUT2D eigenvalue weighted by Crippen LogP contribution is 2.23. The smallest absolute Gasteiger partial charge is 0.224 e. The van der Waals surface area contributed by atoms with Crippen molar-refractivity contribution < 1.29 is 4.79 Å². The lowest BCUT2D eigenvalue weighted by atomic mass is 10.00. The number of fused-ring (bicyclic) bond motifs is 2. The Bertz CT molecular complexity index is 1000. The first kappa shape index (κ1) is 18.3. The van der Waals surface area contributed by atoms with E-state index in [4.69, 9.17) is 0 Å². The van der Waals surface area contributed by atoms with Gasteiger partial charge in [0.1, 0.15) is 0 Å². The number of benzene rings is 2. The van der Waals surface area contributed by atoms with Crippen molar-refractivity contribution in [1.82, 2.24) is 14.8 Å². The van der Waals surface area contributed by atoms with Gasteiger partial charge in [0, 0.05) is 75.0 Å². The fourth-order valence-corrected chi connectivity index (χ4v) is 4.59. The first-order chi connectivity index (χ1) is 14.3. The Kier molecular flexibility index (Phi) is 4.98. The Morgan fingerprint density at radius 2 is 1.76 bits per heavy atom. The molecule has 0 aliphatic carbocycles. The van der Waals surface area contributed by atoms with Crippen LogP contribution in [0.5, 0.6) is 0 Å². The number of carbonyl (C=O) groups excluding carboxylic acids is 1. The van der Waals surface area contributed by atoms with E-state index < -0.39 is 0 Å². The summed E-state index contributed by atoms with van der Waals surface area (Å²) in [6.45, 7) is 6.54. The monoisotopic (exact) mass is 388 g/mol. The molecule has 1 aromatic heterocycles. The summed E-state index contributed by atoms with van der Waals surface area (Å²) in [7, 11) is 0. The Labute approximate surface area is 171 Å². The van der Waals surface area contributed by atoms with E-state index in [0.717, 1.165) is 52.2 Å². The van der Waals surface area contributed by atoms with E-state index in [1.165, 1.54) is 27.7 Å². The second-order valence-corrected chi connectivity index (χ2v) is 8.16. The van der Waals surface area contributed by atoms with Gasteiger partial charge in [-0.25, -0.2) is 0 Å². The van der Waals surface area contributed by atoms with Crippen LogP contribution in [0.25, 0.3) is 10.9 Å². The molecule has 0 unspecified atom stereocenters. The maximum absolute atomic E-state index is 12.7. The normalized spacial score (nSPS) is 17.5. The van der Waals surface area contributed by atoms with Gasteiger partial charge in [0.15, 0.2) is 0 Å².